The summed E-state index contributed by atoms with van der Waals surface area (Å²) in [6.07, 6.45) is -4.68. The summed E-state index contributed by atoms with van der Waals surface area (Å²) in [6.45, 7) is 1.90. The number of nitro benzene ring substituents is 1. The van der Waals surface area contributed by atoms with Gasteiger partial charge in [0.1, 0.15) is 11.3 Å². The molecule has 0 saturated heterocycles. The highest BCUT2D eigenvalue weighted by Crippen LogP contribution is 2.34. The van der Waals surface area contributed by atoms with Gasteiger partial charge in [-0.15, -0.1) is 0 Å². The number of hydrogen-bond acceptors (Lipinski definition) is 5. The molecule has 0 unspecified atom stereocenters. The number of aryl methyl sites for hydroxylation is 1. The van der Waals surface area contributed by atoms with Gasteiger partial charge in [-0.1, -0.05) is 18.2 Å². The van der Waals surface area contributed by atoms with Gasteiger partial charge in [-0.2, -0.15) is 13.2 Å². The third-order valence-electron chi connectivity index (χ3n) is 4.30. The molecule has 1 aromatic heterocycles. The monoisotopic (exact) mass is 407 g/mol. The third kappa shape index (κ3) is 4.31. The van der Waals surface area contributed by atoms with E-state index in [-0.39, 0.29) is 24.5 Å². The maximum absolute atomic E-state index is 12.7. The van der Waals surface area contributed by atoms with E-state index in [1.807, 2.05) is 12.1 Å². The average Bonchev–Trinajstić information content (AvgIpc) is 3.01. The molecule has 2 aromatic carbocycles. The zero-order valence-electron chi connectivity index (χ0n) is 15.2. The Morgan fingerprint density at radius 3 is 2.55 bits per heavy atom. The number of benzene rings is 2. The maximum atomic E-state index is 12.7. The van der Waals surface area contributed by atoms with E-state index in [4.69, 9.17) is 4.42 Å². The summed E-state index contributed by atoms with van der Waals surface area (Å²) < 4.78 is 43.7. The Labute approximate surface area is 162 Å². The molecular formula is C19H16F3N3O4. The summed E-state index contributed by atoms with van der Waals surface area (Å²) >= 11 is 0. The van der Waals surface area contributed by atoms with E-state index in [2.05, 4.69) is 10.6 Å². The number of hydrogen-bond donors (Lipinski definition) is 2. The fourth-order valence-corrected chi connectivity index (χ4v) is 2.85. The molecule has 29 heavy (non-hydrogen) atoms. The Morgan fingerprint density at radius 2 is 1.90 bits per heavy atom. The van der Waals surface area contributed by atoms with Gasteiger partial charge in [0.05, 0.1) is 10.5 Å². The number of fused-ring (bicyclic) bond motifs is 1. The van der Waals surface area contributed by atoms with Crippen molar-refractivity contribution >= 4 is 28.3 Å². The van der Waals surface area contributed by atoms with Crippen molar-refractivity contribution in [3.63, 3.8) is 0 Å². The molecule has 1 amide bonds. The smallest absolute Gasteiger partial charge is 0.416 e. The molecule has 0 aliphatic heterocycles. The van der Waals surface area contributed by atoms with E-state index >= 15 is 0 Å². The van der Waals surface area contributed by atoms with Gasteiger partial charge in [0, 0.05) is 30.1 Å². The van der Waals surface area contributed by atoms with E-state index in [0.717, 1.165) is 17.5 Å². The van der Waals surface area contributed by atoms with Crippen LogP contribution < -0.4 is 10.6 Å². The first-order valence-corrected chi connectivity index (χ1v) is 8.54. The Morgan fingerprint density at radius 1 is 1.17 bits per heavy atom. The first kappa shape index (κ1) is 20.2. The normalized spacial score (nSPS) is 11.4. The molecule has 0 bridgehead atoms. The lowest BCUT2D eigenvalue weighted by molar-refractivity contribution is -0.384. The molecule has 1 heterocycles. The lowest BCUT2D eigenvalue weighted by atomic mass is 10.1. The van der Waals surface area contributed by atoms with Crippen LogP contribution in [0.2, 0.25) is 0 Å². The first-order chi connectivity index (χ1) is 13.7. The van der Waals surface area contributed by atoms with Crippen LogP contribution in [-0.4, -0.2) is 23.9 Å². The first-order valence-electron chi connectivity index (χ1n) is 8.54. The van der Waals surface area contributed by atoms with E-state index in [1.54, 1.807) is 19.1 Å². The second-order valence-corrected chi connectivity index (χ2v) is 6.22. The van der Waals surface area contributed by atoms with Crippen LogP contribution in [0.15, 0.2) is 46.9 Å². The summed E-state index contributed by atoms with van der Waals surface area (Å²) in [4.78, 5) is 22.5. The number of alkyl halides is 3. The van der Waals surface area contributed by atoms with Crippen LogP contribution in [0.5, 0.6) is 0 Å². The lowest BCUT2D eigenvalue weighted by Crippen LogP contribution is -2.29. The fourth-order valence-electron chi connectivity index (χ4n) is 2.85. The van der Waals surface area contributed by atoms with Crippen LogP contribution in [-0.2, 0) is 6.18 Å². The Kier molecular flexibility index (Phi) is 5.44. The lowest BCUT2D eigenvalue weighted by Gasteiger charge is -2.11. The molecule has 0 aliphatic carbocycles. The highest BCUT2D eigenvalue weighted by atomic mass is 19.4. The molecule has 3 rings (SSSR count). The topological polar surface area (TPSA) is 97.4 Å². The van der Waals surface area contributed by atoms with E-state index in [0.29, 0.717) is 17.2 Å². The van der Waals surface area contributed by atoms with Crippen molar-refractivity contribution < 1.29 is 27.3 Å². The number of nitro groups is 1. The SMILES string of the molecule is Cc1c(C(=O)NCCNc2ccc(C(F)(F)F)cc2[N+](=O)[O-])oc2ccccc12. The largest absolute Gasteiger partial charge is 0.451 e. The van der Waals surface area contributed by atoms with Crippen LogP contribution in [0.1, 0.15) is 21.7 Å². The number of carbonyl (C=O) groups is 1. The molecule has 0 radical (unpaired) electrons. The van der Waals surface area contributed by atoms with Crippen molar-refractivity contribution in [2.45, 2.75) is 13.1 Å². The van der Waals surface area contributed by atoms with Crippen LogP contribution in [0.3, 0.4) is 0 Å². The minimum Gasteiger partial charge on any atom is -0.451 e. The zero-order chi connectivity index (χ0) is 21.2. The number of nitrogens with zero attached hydrogens (tertiary/aromatic N) is 1. The molecule has 0 saturated carbocycles. The van der Waals surface area contributed by atoms with Crippen LogP contribution in [0, 0.1) is 17.0 Å². The minimum absolute atomic E-state index is 0.0667. The standard InChI is InChI=1S/C19H16F3N3O4/c1-11-13-4-2-3-5-16(13)29-17(11)18(26)24-9-8-23-14-7-6-12(19(20,21)22)10-15(14)25(27)28/h2-7,10,23H,8-9H2,1H3,(H,24,26). The average molecular weight is 407 g/mol. The predicted octanol–water partition coefficient (Wildman–Crippen LogP) is 4.51. The Bertz CT molecular complexity index is 1080. The van der Waals surface area contributed by atoms with Crippen molar-refractivity contribution in [1.82, 2.24) is 5.32 Å². The van der Waals surface area contributed by atoms with Gasteiger partial charge in [-0.25, -0.2) is 0 Å². The molecule has 0 aliphatic rings. The van der Waals surface area contributed by atoms with E-state index in [9.17, 15) is 28.1 Å². The highest BCUT2D eigenvalue weighted by molar-refractivity contribution is 5.98. The Hall–Kier alpha value is -3.56. The van der Waals surface area contributed by atoms with E-state index in [1.165, 1.54) is 0 Å². The highest BCUT2D eigenvalue weighted by Gasteiger charge is 2.33. The predicted molar refractivity (Wildman–Crippen MR) is 99.9 cm³/mol. The number of rotatable bonds is 6. The molecule has 0 spiro atoms. The summed E-state index contributed by atoms with van der Waals surface area (Å²) in [7, 11) is 0. The summed E-state index contributed by atoms with van der Waals surface area (Å²) in [6, 6.07) is 9.40. The van der Waals surface area contributed by atoms with Crippen LogP contribution >= 0.6 is 0 Å². The second kappa shape index (κ2) is 7.82. The van der Waals surface area contributed by atoms with Gasteiger partial charge in [0.15, 0.2) is 5.76 Å². The van der Waals surface area contributed by atoms with Crippen molar-refractivity contribution in [1.29, 1.82) is 0 Å². The number of carbonyl (C=O) groups excluding carboxylic acids is 1. The van der Waals surface area contributed by atoms with Gasteiger partial charge in [0.25, 0.3) is 11.6 Å². The van der Waals surface area contributed by atoms with Gasteiger partial charge < -0.3 is 15.1 Å². The second-order valence-electron chi connectivity index (χ2n) is 6.22. The van der Waals surface area contributed by atoms with Crippen molar-refractivity contribution in [2.75, 3.05) is 18.4 Å². The molecule has 0 atom stereocenters. The molecular weight excluding hydrogens is 391 g/mol. The van der Waals surface area contributed by atoms with Gasteiger partial charge in [-0.3, -0.25) is 14.9 Å². The van der Waals surface area contributed by atoms with Crippen LogP contribution in [0.25, 0.3) is 11.0 Å². The van der Waals surface area contributed by atoms with Gasteiger partial charge >= 0.3 is 6.18 Å². The van der Waals surface area contributed by atoms with Crippen molar-refractivity contribution in [2.24, 2.45) is 0 Å². The molecule has 152 valence electrons. The number of para-hydroxylation sites is 1. The summed E-state index contributed by atoms with van der Waals surface area (Å²) in [5.41, 5.74) is -0.613. The molecule has 3 aromatic rings. The van der Waals surface area contributed by atoms with Crippen molar-refractivity contribution in [3.8, 4) is 0 Å². The van der Waals surface area contributed by atoms with Crippen molar-refractivity contribution in [3.05, 3.63) is 69.5 Å². The maximum Gasteiger partial charge on any atom is 0.416 e. The van der Waals surface area contributed by atoms with E-state index < -0.39 is 28.3 Å². The molecule has 2 N–H and O–H groups in total. The molecule has 10 heteroatoms. The number of anilines is 1. The Balaban J connectivity index is 1.63. The third-order valence-corrected chi connectivity index (χ3v) is 4.30. The number of furan rings is 1. The molecule has 0 fully saturated rings. The fraction of sp³-hybridized carbons (Fsp3) is 0.211. The summed E-state index contributed by atoms with van der Waals surface area (Å²) in [5, 5.41) is 17.2. The van der Waals surface area contributed by atoms with Gasteiger partial charge in [-0.05, 0) is 25.1 Å². The number of halogens is 3. The quantitative estimate of drug-likeness (QED) is 0.356. The number of amides is 1. The van der Waals surface area contributed by atoms with Crippen LogP contribution in [0.4, 0.5) is 24.5 Å². The van der Waals surface area contributed by atoms with Gasteiger partial charge in [0.2, 0.25) is 0 Å². The molecule has 7 nitrogen and oxygen atoms in total. The summed E-state index contributed by atoms with van der Waals surface area (Å²) in [5.74, 6) is -0.297. The zero-order valence-corrected chi connectivity index (χ0v) is 15.2. The minimum atomic E-state index is -4.68. The number of nitrogens with one attached hydrogen (secondary N) is 2.